The van der Waals surface area contributed by atoms with Crippen molar-refractivity contribution in [3.05, 3.63) is 24.3 Å². The average Bonchev–Trinajstić information content (AvgIpc) is 2.47. The quantitative estimate of drug-likeness (QED) is 0.821. The van der Waals surface area contributed by atoms with Gasteiger partial charge >= 0.3 is 0 Å². The molecule has 0 bridgehead atoms. The van der Waals surface area contributed by atoms with Gasteiger partial charge in [0.2, 0.25) is 5.91 Å². The van der Waals surface area contributed by atoms with Gasteiger partial charge in [-0.1, -0.05) is 0 Å². The van der Waals surface area contributed by atoms with Crippen LogP contribution in [0.1, 0.15) is 12.8 Å². The van der Waals surface area contributed by atoms with E-state index in [9.17, 15) is 18.4 Å². The first-order chi connectivity index (χ1) is 10.2. The fourth-order valence-corrected chi connectivity index (χ4v) is 4.58. The Hall–Kier alpha value is -1.64. The molecule has 1 aromatic rings. The Balaban J connectivity index is 2.44. The lowest BCUT2D eigenvalue weighted by Gasteiger charge is -2.36. The molecule has 122 valence electrons. The molecular weight excluding hydrogens is 306 g/mol. The molecule has 1 aliphatic heterocycles. The first kappa shape index (κ1) is 16.7. The minimum absolute atomic E-state index is 0.0173. The molecule has 1 aromatic carbocycles. The molecule has 1 fully saturated rings. The van der Waals surface area contributed by atoms with Crippen LogP contribution in [0.5, 0.6) is 0 Å². The monoisotopic (exact) mass is 327 g/mol. The fraction of sp³-hybridized carbons (Fsp3) is 0.500. The minimum atomic E-state index is -3.92. The summed E-state index contributed by atoms with van der Waals surface area (Å²) in [5.41, 5.74) is 6.28. The third kappa shape index (κ3) is 2.69. The smallest absolute Gasteiger partial charge is 0.239 e. The number of hydroxylamine groups is 2. The van der Waals surface area contributed by atoms with Crippen molar-refractivity contribution in [1.82, 2.24) is 5.06 Å². The molecule has 7 nitrogen and oxygen atoms in total. The number of primary amides is 1. The summed E-state index contributed by atoms with van der Waals surface area (Å²) in [6, 6.07) is 6.34. The molecule has 0 atom stereocenters. The van der Waals surface area contributed by atoms with Crippen LogP contribution in [-0.4, -0.2) is 56.5 Å². The van der Waals surface area contributed by atoms with Crippen LogP contribution in [0.2, 0.25) is 0 Å². The van der Waals surface area contributed by atoms with Crippen molar-refractivity contribution in [3.8, 4) is 0 Å². The van der Waals surface area contributed by atoms with Crippen LogP contribution >= 0.6 is 0 Å². The molecule has 22 heavy (non-hydrogen) atoms. The maximum absolute atomic E-state index is 12.9. The fourth-order valence-electron chi connectivity index (χ4n) is 2.65. The first-order valence-corrected chi connectivity index (χ1v) is 8.45. The van der Waals surface area contributed by atoms with Gasteiger partial charge in [0, 0.05) is 32.9 Å². The van der Waals surface area contributed by atoms with Crippen LogP contribution < -0.4 is 10.6 Å². The minimum Gasteiger partial charge on any atom is -0.378 e. The maximum atomic E-state index is 12.9. The van der Waals surface area contributed by atoms with Gasteiger partial charge in [-0.2, -0.15) is 5.06 Å². The Kier molecular flexibility index (Phi) is 4.46. The highest BCUT2D eigenvalue weighted by atomic mass is 32.2. The number of hydrogen-bond acceptors (Lipinski definition) is 6. The van der Waals surface area contributed by atoms with Crippen molar-refractivity contribution < 1.29 is 18.4 Å². The molecular formula is C14H21N3O4S. The lowest BCUT2D eigenvalue weighted by Crippen LogP contribution is -2.56. The van der Waals surface area contributed by atoms with Crippen molar-refractivity contribution in [2.75, 3.05) is 32.1 Å². The molecule has 1 heterocycles. The van der Waals surface area contributed by atoms with Gasteiger partial charge in [0.1, 0.15) is 0 Å². The predicted molar refractivity (Wildman–Crippen MR) is 82.5 cm³/mol. The highest BCUT2D eigenvalue weighted by molar-refractivity contribution is 7.93. The summed E-state index contributed by atoms with van der Waals surface area (Å²) in [6.07, 6.45) is -0.0345. The van der Waals surface area contributed by atoms with E-state index in [0.29, 0.717) is 0 Å². The number of nitrogens with zero attached hydrogens (tertiary/aromatic N) is 2. The van der Waals surface area contributed by atoms with Crippen LogP contribution in [0.4, 0.5) is 5.69 Å². The summed E-state index contributed by atoms with van der Waals surface area (Å²) in [7, 11) is -0.215. The average molecular weight is 327 g/mol. The molecule has 0 aromatic heterocycles. The molecule has 8 heteroatoms. The van der Waals surface area contributed by atoms with Gasteiger partial charge < -0.3 is 15.8 Å². The Bertz CT molecular complexity index is 647. The van der Waals surface area contributed by atoms with Crippen LogP contribution in [0.3, 0.4) is 0 Å². The van der Waals surface area contributed by atoms with Gasteiger partial charge in [0.25, 0.3) is 0 Å². The van der Waals surface area contributed by atoms with Crippen LogP contribution in [-0.2, 0) is 14.6 Å². The molecule has 0 unspecified atom stereocenters. The van der Waals surface area contributed by atoms with E-state index in [1.165, 1.54) is 12.1 Å². The summed E-state index contributed by atoms with van der Waals surface area (Å²) in [6.45, 7) is 0.190. The first-order valence-electron chi connectivity index (χ1n) is 6.96. The van der Waals surface area contributed by atoms with E-state index >= 15 is 0 Å². The summed E-state index contributed by atoms with van der Waals surface area (Å²) >= 11 is 0. The van der Waals surface area contributed by atoms with Crippen molar-refractivity contribution in [1.29, 1.82) is 0 Å². The summed E-state index contributed by atoms with van der Waals surface area (Å²) < 4.78 is 24.2. The van der Waals surface area contributed by atoms with E-state index in [-0.39, 0.29) is 30.8 Å². The Morgan fingerprint density at radius 1 is 1.23 bits per heavy atom. The molecule has 3 N–H and O–H groups in total. The maximum Gasteiger partial charge on any atom is 0.239 e. The zero-order valence-electron chi connectivity index (χ0n) is 12.7. The number of rotatable bonds is 4. The van der Waals surface area contributed by atoms with Gasteiger partial charge in [-0.05, 0) is 37.1 Å². The normalized spacial score (nSPS) is 18.9. The number of carbonyl (C=O) groups excluding carboxylic acids is 1. The highest BCUT2D eigenvalue weighted by Crippen LogP contribution is 2.35. The zero-order chi connectivity index (χ0) is 16.5. The van der Waals surface area contributed by atoms with E-state index in [1.54, 1.807) is 12.1 Å². The molecule has 0 spiro atoms. The molecule has 1 aliphatic rings. The summed E-state index contributed by atoms with van der Waals surface area (Å²) in [5, 5.41) is 10.4. The van der Waals surface area contributed by atoms with Gasteiger partial charge in [0.05, 0.1) is 4.90 Å². The van der Waals surface area contributed by atoms with E-state index in [1.807, 2.05) is 19.0 Å². The number of piperidine rings is 1. The SMILES string of the molecule is CN(C)c1ccc(S(=O)(=O)C2(C(N)=O)CCN(O)CC2)cc1. The molecule has 1 amide bonds. The number of sulfone groups is 1. The van der Waals surface area contributed by atoms with Crippen LogP contribution in [0, 0.1) is 0 Å². The number of anilines is 1. The van der Waals surface area contributed by atoms with Crippen molar-refractivity contribution >= 4 is 21.4 Å². The number of carbonyl (C=O) groups is 1. The molecule has 1 saturated heterocycles. The summed E-state index contributed by atoms with van der Waals surface area (Å²) in [4.78, 5) is 13.8. The summed E-state index contributed by atoms with van der Waals surface area (Å²) in [5.74, 6) is -0.864. The van der Waals surface area contributed by atoms with Crippen molar-refractivity contribution in [2.24, 2.45) is 5.73 Å². The largest absolute Gasteiger partial charge is 0.378 e. The Morgan fingerprint density at radius 2 is 1.73 bits per heavy atom. The number of benzene rings is 1. The number of hydrogen-bond donors (Lipinski definition) is 2. The predicted octanol–water partition coefficient (Wildman–Crippen LogP) is 0.235. The topological polar surface area (TPSA) is 104 Å². The lowest BCUT2D eigenvalue weighted by atomic mass is 9.96. The number of nitrogens with two attached hydrogens (primary N) is 1. The second-order valence-electron chi connectivity index (χ2n) is 5.70. The van der Waals surface area contributed by atoms with E-state index in [0.717, 1.165) is 10.8 Å². The molecule has 0 saturated carbocycles. The van der Waals surface area contributed by atoms with Gasteiger partial charge in [-0.15, -0.1) is 0 Å². The Labute approximate surface area is 130 Å². The van der Waals surface area contributed by atoms with E-state index in [4.69, 9.17) is 5.73 Å². The van der Waals surface area contributed by atoms with Gasteiger partial charge in [-0.25, -0.2) is 8.42 Å². The van der Waals surface area contributed by atoms with Gasteiger partial charge in [-0.3, -0.25) is 4.79 Å². The van der Waals surface area contributed by atoms with Crippen molar-refractivity contribution in [3.63, 3.8) is 0 Å². The molecule has 0 radical (unpaired) electrons. The van der Waals surface area contributed by atoms with E-state index in [2.05, 4.69) is 0 Å². The van der Waals surface area contributed by atoms with Gasteiger partial charge in [0.15, 0.2) is 14.6 Å². The van der Waals surface area contributed by atoms with E-state index < -0.39 is 20.5 Å². The second kappa shape index (κ2) is 5.86. The number of amides is 1. The molecule has 0 aliphatic carbocycles. The van der Waals surface area contributed by atoms with Crippen LogP contribution in [0.15, 0.2) is 29.2 Å². The third-order valence-electron chi connectivity index (χ3n) is 4.17. The lowest BCUT2D eigenvalue weighted by molar-refractivity contribution is -0.131. The van der Waals surface area contributed by atoms with Crippen LogP contribution in [0.25, 0.3) is 0 Å². The Morgan fingerprint density at radius 3 is 2.14 bits per heavy atom. The zero-order valence-corrected chi connectivity index (χ0v) is 13.5. The molecule has 2 rings (SSSR count). The third-order valence-corrected chi connectivity index (χ3v) is 6.71. The highest BCUT2D eigenvalue weighted by Gasteiger charge is 2.51. The second-order valence-corrected chi connectivity index (χ2v) is 7.96. The van der Waals surface area contributed by atoms with Crippen molar-refractivity contribution in [2.45, 2.75) is 22.5 Å². The standard InChI is InChI=1S/C14H21N3O4S/c1-16(2)11-3-5-12(6-4-11)22(20,21)14(13(15)18)7-9-17(19)10-8-14/h3-6,19H,7-10H2,1-2H3,(H2,15,18).